The van der Waals surface area contributed by atoms with E-state index in [2.05, 4.69) is 5.10 Å². The van der Waals surface area contributed by atoms with Gasteiger partial charge in [0, 0.05) is 6.20 Å². The van der Waals surface area contributed by atoms with Crippen LogP contribution in [0.1, 0.15) is 11.1 Å². The van der Waals surface area contributed by atoms with E-state index in [1.165, 1.54) is 16.8 Å². The topological polar surface area (TPSA) is 93.9 Å². The van der Waals surface area contributed by atoms with E-state index in [4.69, 9.17) is 15.7 Å². The number of benzene rings is 1. The Morgan fingerprint density at radius 3 is 2.95 bits per heavy atom. The van der Waals surface area contributed by atoms with Crippen LogP contribution in [0.25, 0.3) is 0 Å². The zero-order chi connectivity index (χ0) is 14.5. The molecule has 6 nitrogen and oxygen atoms in total. The second-order valence-corrected chi connectivity index (χ2v) is 4.02. The maximum absolute atomic E-state index is 13.1. The van der Waals surface area contributed by atoms with Crippen LogP contribution < -0.4 is 5.73 Å². The Hall–Kier alpha value is -2.88. The number of anilines is 1. The molecule has 2 N–H and O–H groups in total. The monoisotopic (exact) mass is 274 g/mol. The van der Waals surface area contributed by atoms with Gasteiger partial charge >= 0.3 is 5.97 Å². The average molecular weight is 274 g/mol. The van der Waals surface area contributed by atoms with Gasteiger partial charge in [0.05, 0.1) is 5.56 Å². The van der Waals surface area contributed by atoms with Crippen molar-refractivity contribution in [2.24, 2.45) is 0 Å². The highest BCUT2D eigenvalue weighted by Gasteiger charge is 2.07. The second-order valence-electron chi connectivity index (χ2n) is 4.02. The van der Waals surface area contributed by atoms with E-state index in [1.807, 2.05) is 0 Å². The first kappa shape index (κ1) is 13.5. The molecule has 0 aliphatic heterocycles. The minimum absolute atomic E-state index is 0.0372. The minimum Gasteiger partial charge on any atom is -0.459 e. The SMILES string of the molecule is N#Cc1cc(COC(=O)Cn2ccc(N)n2)ccc1F. The molecule has 2 rings (SSSR count). The number of nitriles is 1. The third-order valence-electron chi connectivity index (χ3n) is 2.50. The molecule has 2 aromatic rings. The Balaban J connectivity index is 1.92. The third kappa shape index (κ3) is 3.32. The molecule has 0 saturated heterocycles. The van der Waals surface area contributed by atoms with E-state index in [1.54, 1.807) is 18.3 Å². The summed E-state index contributed by atoms with van der Waals surface area (Å²) in [6.45, 7) is -0.103. The van der Waals surface area contributed by atoms with Crippen LogP contribution in [0.3, 0.4) is 0 Å². The Labute approximate surface area is 114 Å². The van der Waals surface area contributed by atoms with Crippen molar-refractivity contribution in [1.29, 1.82) is 5.26 Å². The lowest BCUT2D eigenvalue weighted by Crippen LogP contribution is -2.14. The molecule has 0 fully saturated rings. The van der Waals surface area contributed by atoms with Crippen LogP contribution in [0.15, 0.2) is 30.5 Å². The fourth-order valence-corrected chi connectivity index (χ4v) is 1.56. The fraction of sp³-hybridized carbons (Fsp3) is 0.154. The predicted molar refractivity (Wildman–Crippen MR) is 67.6 cm³/mol. The largest absolute Gasteiger partial charge is 0.459 e. The number of nitrogens with two attached hydrogens (primary N) is 1. The van der Waals surface area contributed by atoms with Gasteiger partial charge in [0.15, 0.2) is 0 Å². The summed E-state index contributed by atoms with van der Waals surface area (Å²) < 4.78 is 19.5. The number of rotatable bonds is 4. The zero-order valence-corrected chi connectivity index (χ0v) is 10.4. The van der Waals surface area contributed by atoms with Gasteiger partial charge in [-0.1, -0.05) is 6.07 Å². The highest BCUT2D eigenvalue weighted by molar-refractivity contribution is 5.69. The molecule has 1 heterocycles. The van der Waals surface area contributed by atoms with Crippen LogP contribution in [-0.2, 0) is 22.7 Å². The maximum atomic E-state index is 13.1. The van der Waals surface area contributed by atoms with Gasteiger partial charge in [0.2, 0.25) is 0 Å². The van der Waals surface area contributed by atoms with Gasteiger partial charge in [-0.3, -0.25) is 9.48 Å². The lowest BCUT2D eigenvalue weighted by molar-refractivity contribution is -0.145. The van der Waals surface area contributed by atoms with Crippen molar-refractivity contribution in [3.63, 3.8) is 0 Å². The molecule has 7 heteroatoms. The van der Waals surface area contributed by atoms with Gasteiger partial charge in [-0.25, -0.2) is 4.39 Å². The van der Waals surface area contributed by atoms with Crippen molar-refractivity contribution < 1.29 is 13.9 Å². The van der Waals surface area contributed by atoms with Gasteiger partial charge < -0.3 is 10.5 Å². The molecule has 1 aromatic carbocycles. The number of nitrogens with zero attached hydrogens (tertiary/aromatic N) is 3. The summed E-state index contributed by atoms with van der Waals surface area (Å²) in [6.07, 6.45) is 1.56. The number of carbonyl (C=O) groups is 1. The standard InChI is InChI=1S/C13H11FN4O2/c14-11-2-1-9(5-10(11)6-15)8-20-13(19)7-18-4-3-12(16)17-18/h1-5H,7-8H2,(H2,16,17). The molecule has 0 atom stereocenters. The summed E-state index contributed by atoms with van der Waals surface area (Å²) in [5, 5.41) is 12.5. The minimum atomic E-state index is -0.602. The molecular formula is C13H11FN4O2. The van der Waals surface area contributed by atoms with E-state index in [0.717, 1.165) is 6.07 Å². The van der Waals surface area contributed by atoms with Crippen molar-refractivity contribution in [2.45, 2.75) is 13.2 Å². The lowest BCUT2D eigenvalue weighted by atomic mass is 10.1. The molecule has 20 heavy (non-hydrogen) atoms. The maximum Gasteiger partial charge on any atom is 0.328 e. The van der Waals surface area contributed by atoms with Crippen LogP contribution in [0, 0.1) is 17.1 Å². The zero-order valence-electron chi connectivity index (χ0n) is 10.4. The molecule has 102 valence electrons. The number of hydrogen-bond donors (Lipinski definition) is 1. The summed E-state index contributed by atoms with van der Waals surface area (Å²) >= 11 is 0. The van der Waals surface area contributed by atoms with E-state index < -0.39 is 11.8 Å². The Morgan fingerprint density at radius 2 is 2.30 bits per heavy atom. The van der Waals surface area contributed by atoms with Crippen LogP contribution >= 0.6 is 0 Å². The van der Waals surface area contributed by atoms with E-state index >= 15 is 0 Å². The molecule has 0 bridgehead atoms. The third-order valence-corrected chi connectivity index (χ3v) is 2.50. The molecule has 0 amide bonds. The van der Waals surface area contributed by atoms with Gasteiger partial charge in [0.25, 0.3) is 0 Å². The van der Waals surface area contributed by atoms with Crippen LogP contribution in [0.4, 0.5) is 10.2 Å². The first-order valence-electron chi connectivity index (χ1n) is 5.71. The Bertz CT molecular complexity index is 675. The molecule has 0 aliphatic rings. The number of hydrogen-bond acceptors (Lipinski definition) is 5. The summed E-state index contributed by atoms with van der Waals surface area (Å²) in [6, 6.07) is 7.24. The summed E-state index contributed by atoms with van der Waals surface area (Å²) in [5.74, 6) is -0.791. The number of aromatic nitrogens is 2. The molecule has 0 spiro atoms. The number of esters is 1. The average Bonchev–Trinajstić information content (AvgIpc) is 2.83. The molecule has 0 unspecified atom stereocenters. The van der Waals surface area contributed by atoms with E-state index in [9.17, 15) is 9.18 Å². The quantitative estimate of drug-likeness (QED) is 0.846. The number of carbonyl (C=O) groups excluding carboxylic acids is 1. The number of nitrogen functional groups attached to an aromatic ring is 1. The van der Waals surface area contributed by atoms with Crippen molar-refractivity contribution in [1.82, 2.24) is 9.78 Å². The summed E-state index contributed by atoms with van der Waals surface area (Å²) in [7, 11) is 0. The predicted octanol–water partition coefficient (Wildman–Crippen LogP) is 1.22. The Morgan fingerprint density at radius 1 is 1.50 bits per heavy atom. The van der Waals surface area contributed by atoms with E-state index in [0.29, 0.717) is 11.4 Å². The van der Waals surface area contributed by atoms with Crippen molar-refractivity contribution in [2.75, 3.05) is 5.73 Å². The Kier molecular flexibility index (Phi) is 3.96. The van der Waals surface area contributed by atoms with Crippen molar-refractivity contribution in [3.05, 3.63) is 47.4 Å². The van der Waals surface area contributed by atoms with Crippen molar-refractivity contribution in [3.8, 4) is 6.07 Å². The lowest BCUT2D eigenvalue weighted by Gasteiger charge is -2.05. The number of ether oxygens (including phenoxy) is 1. The summed E-state index contributed by atoms with van der Waals surface area (Å²) in [4.78, 5) is 11.6. The first-order chi connectivity index (χ1) is 9.58. The number of halogens is 1. The second kappa shape index (κ2) is 5.84. The van der Waals surface area contributed by atoms with Gasteiger partial charge in [-0.05, 0) is 23.8 Å². The smallest absolute Gasteiger partial charge is 0.328 e. The highest BCUT2D eigenvalue weighted by Crippen LogP contribution is 2.10. The molecule has 0 aliphatic carbocycles. The molecule has 0 saturated carbocycles. The molecule has 0 radical (unpaired) electrons. The van der Waals surface area contributed by atoms with Gasteiger partial charge in [0.1, 0.15) is 30.9 Å². The first-order valence-corrected chi connectivity index (χ1v) is 5.71. The van der Waals surface area contributed by atoms with Crippen LogP contribution in [0.5, 0.6) is 0 Å². The van der Waals surface area contributed by atoms with Crippen LogP contribution in [-0.4, -0.2) is 15.7 Å². The van der Waals surface area contributed by atoms with Crippen molar-refractivity contribution >= 4 is 11.8 Å². The van der Waals surface area contributed by atoms with Crippen LogP contribution in [0.2, 0.25) is 0 Å². The fourth-order valence-electron chi connectivity index (χ4n) is 1.56. The van der Waals surface area contributed by atoms with E-state index in [-0.39, 0.29) is 18.7 Å². The molecule has 1 aromatic heterocycles. The normalized spacial score (nSPS) is 10.0. The highest BCUT2D eigenvalue weighted by atomic mass is 19.1. The van der Waals surface area contributed by atoms with Gasteiger partial charge in [-0.15, -0.1) is 0 Å². The molecular weight excluding hydrogens is 263 g/mol. The summed E-state index contributed by atoms with van der Waals surface area (Å²) in [5.41, 5.74) is 5.87. The van der Waals surface area contributed by atoms with Gasteiger partial charge in [-0.2, -0.15) is 10.4 Å².